The molecule has 1 aromatic carbocycles. The molecule has 0 aliphatic carbocycles. The van der Waals surface area contributed by atoms with Crippen molar-refractivity contribution in [1.82, 2.24) is 15.3 Å². The molecule has 0 atom stereocenters. The average molecular weight is 269 g/mol. The summed E-state index contributed by atoms with van der Waals surface area (Å²) in [4.78, 5) is 0. The SMILES string of the molecule is C/C(=N/Nc1ccc2n[nH]c[n+]2n1)c1cccc(O)c1. The van der Waals surface area contributed by atoms with E-state index in [1.807, 2.05) is 19.1 Å². The van der Waals surface area contributed by atoms with Gasteiger partial charge in [-0.1, -0.05) is 17.2 Å². The van der Waals surface area contributed by atoms with E-state index in [1.165, 1.54) is 0 Å². The van der Waals surface area contributed by atoms with E-state index < -0.39 is 0 Å². The first-order chi connectivity index (χ1) is 9.72. The molecule has 0 unspecified atom stereocenters. The molecule has 0 saturated carbocycles. The van der Waals surface area contributed by atoms with E-state index in [9.17, 15) is 5.11 Å². The second kappa shape index (κ2) is 4.96. The van der Waals surface area contributed by atoms with Gasteiger partial charge in [0, 0.05) is 16.7 Å². The number of aromatic nitrogens is 4. The van der Waals surface area contributed by atoms with E-state index in [-0.39, 0.29) is 5.75 Å². The zero-order chi connectivity index (χ0) is 13.9. The Morgan fingerprint density at radius 3 is 3.10 bits per heavy atom. The van der Waals surface area contributed by atoms with Gasteiger partial charge in [0.25, 0.3) is 0 Å². The van der Waals surface area contributed by atoms with Gasteiger partial charge < -0.3 is 5.11 Å². The third-order valence-corrected chi connectivity index (χ3v) is 2.80. The molecule has 7 heteroatoms. The lowest BCUT2D eigenvalue weighted by molar-refractivity contribution is -0.579. The topological polar surface area (TPSA) is 90.3 Å². The van der Waals surface area contributed by atoms with Crippen LogP contribution in [0.5, 0.6) is 5.75 Å². The second-order valence-electron chi connectivity index (χ2n) is 4.25. The van der Waals surface area contributed by atoms with E-state index in [2.05, 4.69) is 25.8 Å². The maximum Gasteiger partial charge on any atom is 0.325 e. The fourth-order valence-corrected chi connectivity index (χ4v) is 1.76. The van der Waals surface area contributed by atoms with E-state index >= 15 is 0 Å². The monoisotopic (exact) mass is 269 g/mol. The lowest BCUT2D eigenvalue weighted by atomic mass is 10.1. The van der Waals surface area contributed by atoms with Gasteiger partial charge in [-0.15, -0.1) is 9.61 Å². The van der Waals surface area contributed by atoms with Crippen molar-refractivity contribution in [3.8, 4) is 5.75 Å². The number of benzene rings is 1. The minimum absolute atomic E-state index is 0.213. The first-order valence-corrected chi connectivity index (χ1v) is 6.04. The van der Waals surface area contributed by atoms with E-state index in [1.54, 1.807) is 35.1 Å². The van der Waals surface area contributed by atoms with Gasteiger partial charge in [0.15, 0.2) is 5.82 Å². The molecule has 0 aliphatic rings. The molecular formula is C13H13N6O+. The fourth-order valence-electron chi connectivity index (χ4n) is 1.76. The summed E-state index contributed by atoms with van der Waals surface area (Å²) in [6, 6.07) is 10.5. The van der Waals surface area contributed by atoms with Crippen LogP contribution in [0.15, 0.2) is 47.8 Å². The molecule has 100 valence electrons. The van der Waals surface area contributed by atoms with E-state index in [4.69, 9.17) is 0 Å². The molecule has 0 aliphatic heterocycles. The highest BCUT2D eigenvalue weighted by Gasteiger charge is 2.05. The predicted octanol–water partition coefficient (Wildman–Crippen LogP) is 1.09. The molecule has 3 N–H and O–H groups in total. The molecule has 0 fully saturated rings. The molecule has 2 heterocycles. The van der Waals surface area contributed by atoms with E-state index in [0.29, 0.717) is 5.82 Å². The third kappa shape index (κ3) is 2.41. The first-order valence-electron chi connectivity index (χ1n) is 6.04. The van der Waals surface area contributed by atoms with Crippen LogP contribution in [-0.2, 0) is 0 Å². The van der Waals surface area contributed by atoms with Crippen molar-refractivity contribution in [2.45, 2.75) is 6.92 Å². The Balaban J connectivity index is 1.82. The Labute approximate surface area is 114 Å². The summed E-state index contributed by atoms with van der Waals surface area (Å²) >= 11 is 0. The summed E-state index contributed by atoms with van der Waals surface area (Å²) in [6.07, 6.45) is 1.65. The van der Waals surface area contributed by atoms with Crippen LogP contribution in [0.25, 0.3) is 5.65 Å². The van der Waals surface area contributed by atoms with Crippen LogP contribution >= 0.6 is 0 Å². The molecular weight excluding hydrogens is 256 g/mol. The van der Waals surface area contributed by atoms with Crippen molar-refractivity contribution >= 4 is 17.2 Å². The number of hydrogen-bond donors (Lipinski definition) is 3. The Hall–Kier alpha value is -2.96. The van der Waals surface area contributed by atoms with Gasteiger partial charge in [-0.05, 0) is 25.1 Å². The highest BCUT2D eigenvalue weighted by molar-refractivity contribution is 5.99. The van der Waals surface area contributed by atoms with Gasteiger partial charge in [-0.25, -0.2) is 0 Å². The number of hydrogen-bond acceptors (Lipinski definition) is 5. The van der Waals surface area contributed by atoms with Gasteiger partial charge in [0.2, 0.25) is 6.33 Å². The number of nitrogens with one attached hydrogen (secondary N) is 2. The Morgan fingerprint density at radius 1 is 1.35 bits per heavy atom. The van der Waals surface area contributed by atoms with Gasteiger partial charge >= 0.3 is 5.65 Å². The number of rotatable bonds is 3. The lowest BCUT2D eigenvalue weighted by Gasteiger charge is -2.02. The molecule has 20 heavy (non-hydrogen) atoms. The number of H-pyrrole nitrogens is 1. The number of aromatic hydroxyl groups is 1. The van der Waals surface area contributed by atoms with Crippen molar-refractivity contribution in [3.05, 3.63) is 48.3 Å². The predicted molar refractivity (Wildman–Crippen MR) is 73.5 cm³/mol. The molecule has 3 aromatic rings. The van der Waals surface area contributed by atoms with Gasteiger partial charge in [-0.3, -0.25) is 5.43 Å². The highest BCUT2D eigenvalue weighted by atomic mass is 16.3. The van der Waals surface area contributed by atoms with Gasteiger partial charge in [0.1, 0.15) is 5.75 Å². The van der Waals surface area contributed by atoms with Crippen LogP contribution in [0.1, 0.15) is 12.5 Å². The summed E-state index contributed by atoms with van der Waals surface area (Å²) in [5, 5.41) is 24.7. The Morgan fingerprint density at radius 2 is 2.25 bits per heavy atom. The van der Waals surface area contributed by atoms with E-state index in [0.717, 1.165) is 16.9 Å². The third-order valence-electron chi connectivity index (χ3n) is 2.80. The maximum absolute atomic E-state index is 9.44. The normalized spacial score (nSPS) is 11.8. The Kier molecular flexibility index (Phi) is 3.00. The van der Waals surface area contributed by atoms with Crippen molar-refractivity contribution in [2.24, 2.45) is 5.10 Å². The zero-order valence-corrected chi connectivity index (χ0v) is 10.8. The summed E-state index contributed by atoms with van der Waals surface area (Å²) in [5.41, 5.74) is 5.20. The van der Waals surface area contributed by atoms with Crippen molar-refractivity contribution in [1.29, 1.82) is 0 Å². The van der Waals surface area contributed by atoms with Crippen molar-refractivity contribution < 1.29 is 9.62 Å². The van der Waals surface area contributed by atoms with Crippen LogP contribution in [0.4, 0.5) is 5.82 Å². The number of phenolic OH excluding ortho intramolecular Hbond substituents is 1. The van der Waals surface area contributed by atoms with Gasteiger partial charge in [0.05, 0.1) is 5.71 Å². The van der Waals surface area contributed by atoms with Crippen LogP contribution in [0.3, 0.4) is 0 Å². The number of fused-ring (bicyclic) bond motifs is 1. The molecule has 0 saturated heterocycles. The molecule has 7 nitrogen and oxygen atoms in total. The fraction of sp³-hybridized carbons (Fsp3) is 0.0769. The number of anilines is 1. The van der Waals surface area contributed by atoms with Crippen molar-refractivity contribution in [3.63, 3.8) is 0 Å². The lowest BCUT2D eigenvalue weighted by Crippen LogP contribution is -2.24. The quantitative estimate of drug-likeness (QED) is 0.377. The number of hydrazone groups is 1. The molecule has 0 amide bonds. The standard InChI is InChI=1S/C13H12N6O/c1-9(10-3-2-4-11(20)7-10)15-16-12-5-6-13-17-14-8-19(13)18-12/h2-8H,1H3,(H2,16,18,20)/p+1/b15-9-. The number of aromatic amines is 1. The molecule has 0 spiro atoms. The molecule has 3 rings (SSSR count). The molecule has 2 aromatic heterocycles. The summed E-state index contributed by atoms with van der Waals surface area (Å²) in [5.74, 6) is 0.814. The maximum atomic E-state index is 9.44. The van der Waals surface area contributed by atoms with Crippen molar-refractivity contribution in [2.75, 3.05) is 5.43 Å². The minimum Gasteiger partial charge on any atom is -0.508 e. The van der Waals surface area contributed by atoms with Crippen LogP contribution < -0.4 is 9.94 Å². The van der Waals surface area contributed by atoms with Gasteiger partial charge in [-0.2, -0.15) is 5.10 Å². The smallest absolute Gasteiger partial charge is 0.325 e. The summed E-state index contributed by atoms with van der Waals surface area (Å²) in [6.45, 7) is 1.85. The second-order valence-corrected chi connectivity index (χ2v) is 4.25. The first kappa shape index (κ1) is 12.1. The average Bonchev–Trinajstić information content (AvgIpc) is 2.92. The number of phenols is 1. The van der Waals surface area contributed by atoms with Crippen LogP contribution in [0, 0.1) is 0 Å². The van der Waals surface area contributed by atoms with Crippen LogP contribution in [0.2, 0.25) is 0 Å². The zero-order valence-electron chi connectivity index (χ0n) is 10.8. The minimum atomic E-state index is 0.213. The Bertz CT molecular complexity index is 779. The number of nitrogens with zero attached hydrogens (tertiary/aromatic N) is 4. The largest absolute Gasteiger partial charge is 0.508 e. The molecule has 0 bridgehead atoms. The summed E-state index contributed by atoms with van der Waals surface area (Å²) in [7, 11) is 0. The van der Waals surface area contributed by atoms with Crippen LogP contribution in [-0.4, -0.2) is 26.1 Å². The summed E-state index contributed by atoms with van der Waals surface area (Å²) < 4.78 is 1.61. The highest BCUT2D eigenvalue weighted by Crippen LogP contribution is 2.12. The molecule has 0 radical (unpaired) electrons.